The number of halogens is 3. The second kappa shape index (κ2) is 8.92. The molecular weight excluding hydrogens is 377 g/mol. The number of hydrogen-bond acceptors (Lipinski definition) is 2. The third-order valence-electron chi connectivity index (χ3n) is 4.57. The van der Waals surface area contributed by atoms with Crippen LogP contribution in [0, 0.1) is 0 Å². The van der Waals surface area contributed by atoms with Crippen molar-refractivity contribution in [1.29, 1.82) is 0 Å². The molecule has 3 aromatic rings. The Hall–Kier alpha value is -3.12. The second-order valence-corrected chi connectivity index (χ2v) is 6.69. The first-order valence-corrected chi connectivity index (χ1v) is 9.19. The van der Waals surface area contributed by atoms with Gasteiger partial charge in [-0.25, -0.2) is 0 Å². The smallest absolute Gasteiger partial charge is 0.324 e. The quantitative estimate of drug-likeness (QED) is 0.562. The summed E-state index contributed by atoms with van der Waals surface area (Å²) >= 11 is 0. The summed E-state index contributed by atoms with van der Waals surface area (Å²) in [5, 5.41) is 5.85. The van der Waals surface area contributed by atoms with Gasteiger partial charge >= 0.3 is 6.18 Å². The van der Waals surface area contributed by atoms with Crippen molar-refractivity contribution in [3.8, 4) is 11.1 Å². The van der Waals surface area contributed by atoms with E-state index in [4.69, 9.17) is 0 Å². The molecule has 0 unspecified atom stereocenters. The molecule has 0 aliphatic rings. The summed E-state index contributed by atoms with van der Waals surface area (Å²) in [5.74, 6) is -0.271. The summed E-state index contributed by atoms with van der Waals surface area (Å²) in [6, 6.07) is 21.8. The molecule has 3 nitrogen and oxygen atoms in total. The van der Waals surface area contributed by atoms with Crippen molar-refractivity contribution < 1.29 is 18.0 Å². The molecule has 3 rings (SSSR count). The number of nitrogens with one attached hydrogen (secondary N) is 2. The Morgan fingerprint density at radius 1 is 0.931 bits per heavy atom. The first kappa shape index (κ1) is 20.6. The van der Waals surface area contributed by atoms with E-state index in [-0.39, 0.29) is 12.5 Å². The Morgan fingerprint density at radius 2 is 1.62 bits per heavy atom. The normalized spacial score (nSPS) is 12.4. The Labute approximate surface area is 167 Å². The third kappa shape index (κ3) is 5.45. The van der Waals surface area contributed by atoms with Gasteiger partial charge in [0, 0.05) is 17.3 Å². The van der Waals surface area contributed by atoms with Crippen molar-refractivity contribution >= 4 is 11.6 Å². The maximum Gasteiger partial charge on any atom is 0.416 e. The van der Waals surface area contributed by atoms with E-state index in [0.29, 0.717) is 11.3 Å². The average molecular weight is 398 g/mol. The van der Waals surface area contributed by atoms with Crippen LogP contribution in [-0.2, 0) is 11.0 Å². The van der Waals surface area contributed by atoms with Gasteiger partial charge in [-0.15, -0.1) is 0 Å². The topological polar surface area (TPSA) is 41.1 Å². The highest BCUT2D eigenvalue weighted by Crippen LogP contribution is 2.31. The Morgan fingerprint density at radius 3 is 2.34 bits per heavy atom. The fourth-order valence-corrected chi connectivity index (χ4v) is 3.00. The minimum absolute atomic E-state index is 0.0272. The summed E-state index contributed by atoms with van der Waals surface area (Å²) in [4.78, 5) is 12.4. The summed E-state index contributed by atoms with van der Waals surface area (Å²) in [5.41, 5.74) is 2.32. The predicted molar refractivity (Wildman–Crippen MR) is 108 cm³/mol. The van der Waals surface area contributed by atoms with Gasteiger partial charge in [-0.05, 0) is 36.2 Å². The summed E-state index contributed by atoms with van der Waals surface area (Å²) < 4.78 is 38.6. The van der Waals surface area contributed by atoms with E-state index >= 15 is 0 Å². The third-order valence-corrected chi connectivity index (χ3v) is 4.57. The Balaban J connectivity index is 1.64. The van der Waals surface area contributed by atoms with Crippen LogP contribution < -0.4 is 10.6 Å². The van der Waals surface area contributed by atoms with Gasteiger partial charge in [0.25, 0.3) is 0 Å². The molecule has 0 heterocycles. The molecule has 29 heavy (non-hydrogen) atoms. The highest BCUT2D eigenvalue weighted by Gasteiger charge is 2.30. The molecule has 0 aromatic heterocycles. The van der Waals surface area contributed by atoms with Gasteiger partial charge in [0.05, 0.1) is 12.1 Å². The maximum atomic E-state index is 12.9. The predicted octanol–water partition coefficient (Wildman–Crippen LogP) is 5.66. The van der Waals surface area contributed by atoms with Crippen LogP contribution in [-0.4, -0.2) is 12.5 Å². The largest absolute Gasteiger partial charge is 0.416 e. The molecule has 1 amide bonds. The fourth-order valence-electron chi connectivity index (χ4n) is 3.00. The van der Waals surface area contributed by atoms with Crippen molar-refractivity contribution in [2.75, 3.05) is 11.9 Å². The highest BCUT2D eigenvalue weighted by atomic mass is 19.4. The van der Waals surface area contributed by atoms with E-state index in [1.54, 1.807) is 13.0 Å². The lowest BCUT2D eigenvalue weighted by molar-refractivity contribution is -0.137. The number of benzene rings is 3. The number of anilines is 1. The van der Waals surface area contributed by atoms with Crippen LogP contribution >= 0.6 is 0 Å². The lowest BCUT2D eigenvalue weighted by Gasteiger charge is -2.17. The van der Waals surface area contributed by atoms with Crippen LogP contribution in [0.1, 0.15) is 24.1 Å². The fraction of sp³-hybridized carbons (Fsp3) is 0.174. The molecule has 0 radical (unpaired) electrons. The summed E-state index contributed by atoms with van der Waals surface area (Å²) in [7, 11) is 0. The SMILES string of the molecule is C[C@H](NCC(=O)Nc1ccccc1-c1ccccc1)c1cccc(C(F)(F)F)c1. The van der Waals surface area contributed by atoms with Crippen molar-refractivity contribution in [1.82, 2.24) is 5.32 Å². The van der Waals surface area contributed by atoms with Crippen molar-refractivity contribution in [2.24, 2.45) is 0 Å². The van der Waals surface area contributed by atoms with Crippen LogP contribution in [0.25, 0.3) is 11.1 Å². The Bertz CT molecular complexity index is 971. The van der Waals surface area contributed by atoms with Crippen LogP contribution in [0.3, 0.4) is 0 Å². The van der Waals surface area contributed by atoms with Gasteiger partial charge in [0.2, 0.25) is 5.91 Å². The van der Waals surface area contributed by atoms with Crippen molar-refractivity contribution in [3.63, 3.8) is 0 Å². The van der Waals surface area contributed by atoms with E-state index in [0.717, 1.165) is 23.3 Å². The van der Waals surface area contributed by atoms with Crippen LogP contribution in [0.15, 0.2) is 78.9 Å². The number of amides is 1. The summed E-state index contributed by atoms with van der Waals surface area (Å²) in [6.07, 6.45) is -4.39. The number of para-hydroxylation sites is 1. The van der Waals surface area contributed by atoms with Crippen molar-refractivity contribution in [2.45, 2.75) is 19.1 Å². The molecule has 0 spiro atoms. The van der Waals surface area contributed by atoms with Gasteiger partial charge in [-0.1, -0.05) is 60.7 Å². The molecule has 0 saturated carbocycles. The van der Waals surface area contributed by atoms with E-state index in [1.807, 2.05) is 54.6 Å². The molecule has 0 bridgehead atoms. The molecule has 150 valence electrons. The number of rotatable bonds is 6. The average Bonchev–Trinajstić information content (AvgIpc) is 2.72. The standard InChI is InChI=1S/C23H21F3N2O/c1-16(18-10-7-11-19(14-18)23(24,25)26)27-15-22(29)28-21-13-6-5-12-20(21)17-8-3-2-4-9-17/h2-14,16,27H,15H2,1H3,(H,28,29)/t16-/m0/s1. The number of carbonyl (C=O) groups is 1. The zero-order valence-electron chi connectivity index (χ0n) is 15.8. The number of carbonyl (C=O) groups excluding carboxylic acids is 1. The van der Waals surface area contributed by atoms with Gasteiger partial charge in [-0.2, -0.15) is 13.2 Å². The van der Waals surface area contributed by atoms with Crippen molar-refractivity contribution in [3.05, 3.63) is 90.0 Å². The first-order chi connectivity index (χ1) is 13.8. The lowest BCUT2D eigenvalue weighted by atomic mass is 10.0. The minimum atomic E-state index is -4.39. The molecule has 0 fully saturated rings. The Kier molecular flexibility index (Phi) is 6.34. The molecule has 0 aliphatic carbocycles. The van der Waals surface area contributed by atoms with Crippen LogP contribution in [0.4, 0.5) is 18.9 Å². The molecule has 2 N–H and O–H groups in total. The van der Waals surface area contributed by atoms with Gasteiger partial charge < -0.3 is 10.6 Å². The summed E-state index contributed by atoms with van der Waals surface area (Å²) in [6.45, 7) is 1.70. The molecular formula is C23H21F3N2O. The molecule has 3 aromatic carbocycles. The second-order valence-electron chi connectivity index (χ2n) is 6.69. The van der Waals surface area contributed by atoms with Crippen LogP contribution in [0.2, 0.25) is 0 Å². The first-order valence-electron chi connectivity index (χ1n) is 9.19. The molecule has 6 heteroatoms. The van der Waals surface area contributed by atoms with E-state index in [2.05, 4.69) is 10.6 Å². The van der Waals surface area contributed by atoms with Gasteiger partial charge in [0.1, 0.15) is 0 Å². The highest BCUT2D eigenvalue weighted by molar-refractivity contribution is 5.96. The number of alkyl halides is 3. The van der Waals surface area contributed by atoms with E-state index in [1.165, 1.54) is 6.07 Å². The maximum absolute atomic E-state index is 12.9. The number of hydrogen-bond donors (Lipinski definition) is 2. The van der Waals surface area contributed by atoms with E-state index < -0.39 is 17.8 Å². The lowest BCUT2D eigenvalue weighted by Crippen LogP contribution is -2.30. The molecule has 1 atom stereocenters. The van der Waals surface area contributed by atoms with E-state index in [9.17, 15) is 18.0 Å². The molecule has 0 aliphatic heterocycles. The monoisotopic (exact) mass is 398 g/mol. The van der Waals surface area contributed by atoms with Gasteiger partial charge in [-0.3, -0.25) is 4.79 Å². The van der Waals surface area contributed by atoms with Gasteiger partial charge in [0.15, 0.2) is 0 Å². The minimum Gasteiger partial charge on any atom is -0.324 e. The van der Waals surface area contributed by atoms with Crippen LogP contribution in [0.5, 0.6) is 0 Å². The zero-order chi connectivity index (χ0) is 20.9. The zero-order valence-corrected chi connectivity index (χ0v) is 15.8. The molecule has 0 saturated heterocycles.